The molecular formula is C12H13ClN4O. The van der Waals surface area contributed by atoms with E-state index in [0.29, 0.717) is 10.8 Å². The van der Waals surface area contributed by atoms with Crippen LogP contribution in [0.1, 0.15) is 25.5 Å². The molecule has 0 radical (unpaired) electrons. The van der Waals surface area contributed by atoms with E-state index in [1.165, 1.54) is 4.80 Å². The molecule has 3 rings (SSSR count). The van der Waals surface area contributed by atoms with E-state index in [4.69, 9.17) is 16.3 Å². The van der Waals surface area contributed by atoms with E-state index in [2.05, 4.69) is 15.4 Å². The first-order valence-electron chi connectivity index (χ1n) is 6.00. The molecule has 1 aromatic carbocycles. The van der Waals surface area contributed by atoms with Crippen molar-refractivity contribution in [3.05, 3.63) is 29.3 Å². The lowest BCUT2D eigenvalue weighted by Crippen LogP contribution is -2.20. The predicted octanol–water partition coefficient (Wildman–Crippen LogP) is 2.69. The average molecular weight is 265 g/mol. The van der Waals surface area contributed by atoms with E-state index in [1.54, 1.807) is 0 Å². The maximum Gasteiger partial charge on any atom is 0.206 e. The molecule has 1 aliphatic heterocycles. The van der Waals surface area contributed by atoms with Gasteiger partial charge in [0.05, 0.1) is 5.02 Å². The molecule has 2 heterocycles. The van der Waals surface area contributed by atoms with Crippen molar-refractivity contribution in [1.29, 1.82) is 0 Å². The zero-order chi connectivity index (χ0) is 12.4. The van der Waals surface area contributed by atoms with E-state index < -0.39 is 0 Å². The minimum absolute atomic E-state index is 0.0949. The molecular weight excluding hydrogens is 252 g/mol. The largest absolute Gasteiger partial charge is 0.355 e. The van der Waals surface area contributed by atoms with Crippen LogP contribution in [0.25, 0.3) is 11.4 Å². The van der Waals surface area contributed by atoms with Crippen LogP contribution in [0.2, 0.25) is 5.02 Å². The standard InChI is InChI=1S/C12H13ClN4O/c13-10-6-2-1-5-9(10)12-14-16-17(15-12)11-7-3-4-8-18-11/h1-2,5-6,11H,3-4,7-8H2. The zero-order valence-electron chi connectivity index (χ0n) is 9.79. The Morgan fingerprint density at radius 3 is 2.94 bits per heavy atom. The lowest BCUT2D eigenvalue weighted by molar-refractivity contribution is -0.0488. The van der Waals surface area contributed by atoms with Gasteiger partial charge in [0.1, 0.15) is 0 Å². The van der Waals surface area contributed by atoms with E-state index in [9.17, 15) is 0 Å². The van der Waals surface area contributed by atoms with Crippen molar-refractivity contribution in [3.63, 3.8) is 0 Å². The van der Waals surface area contributed by atoms with Gasteiger partial charge in [-0.3, -0.25) is 0 Å². The minimum atomic E-state index is -0.0949. The van der Waals surface area contributed by atoms with E-state index in [-0.39, 0.29) is 6.23 Å². The minimum Gasteiger partial charge on any atom is -0.355 e. The van der Waals surface area contributed by atoms with Gasteiger partial charge in [-0.1, -0.05) is 23.7 Å². The SMILES string of the molecule is Clc1ccccc1-c1nnn(C2CCCCO2)n1. The van der Waals surface area contributed by atoms with Gasteiger partial charge in [0.25, 0.3) is 0 Å². The first-order valence-corrected chi connectivity index (χ1v) is 6.38. The van der Waals surface area contributed by atoms with Gasteiger partial charge < -0.3 is 4.74 Å². The second kappa shape index (κ2) is 5.04. The fourth-order valence-corrected chi connectivity index (χ4v) is 2.22. The van der Waals surface area contributed by atoms with E-state index >= 15 is 0 Å². The summed E-state index contributed by atoms with van der Waals surface area (Å²) in [6.07, 6.45) is 3.07. The van der Waals surface area contributed by atoms with Crippen molar-refractivity contribution >= 4 is 11.6 Å². The van der Waals surface area contributed by atoms with Crippen LogP contribution < -0.4 is 0 Å². The first kappa shape index (κ1) is 11.6. The van der Waals surface area contributed by atoms with Gasteiger partial charge in [-0.05, 0) is 36.6 Å². The highest BCUT2D eigenvalue weighted by molar-refractivity contribution is 6.33. The Labute approximate surface area is 110 Å². The number of nitrogens with zero attached hydrogens (tertiary/aromatic N) is 4. The van der Waals surface area contributed by atoms with Crippen molar-refractivity contribution in [2.75, 3.05) is 6.61 Å². The summed E-state index contributed by atoms with van der Waals surface area (Å²) < 4.78 is 5.61. The second-order valence-electron chi connectivity index (χ2n) is 4.23. The van der Waals surface area contributed by atoms with Gasteiger partial charge >= 0.3 is 0 Å². The molecule has 6 heteroatoms. The van der Waals surface area contributed by atoms with E-state index in [0.717, 1.165) is 31.4 Å². The van der Waals surface area contributed by atoms with Crippen molar-refractivity contribution < 1.29 is 4.74 Å². The van der Waals surface area contributed by atoms with Crippen LogP contribution in [0.15, 0.2) is 24.3 Å². The second-order valence-corrected chi connectivity index (χ2v) is 4.64. The van der Waals surface area contributed by atoms with Gasteiger partial charge in [-0.2, -0.15) is 0 Å². The van der Waals surface area contributed by atoms with Crippen LogP contribution in [0.5, 0.6) is 0 Å². The summed E-state index contributed by atoms with van der Waals surface area (Å²) in [7, 11) is 0. The normalized spacial score (nSPS) is 19.9. The van der Waals surface area contributed by atoms with Gasteiger partial charge in [0, 0.05) is 12.2 Å². The van der Waals surface area contributed by atoms with Gasteiger partial charge in [-0.25, -0.2) is 0 Å². The summed E-state index contributed by atoms with van der Waals surface area (Å²) in [5, 5.41) is 13.1. The van der Waals surface area contributed by atoms with Crippen molar-refractivity contribution in [1.82, 2.24) is 20.2 Å². The number of rotatable bonds is 2. The van der Waals surface area contributed by atoms with Crippen LogP contribution in [-0.2, 0) is 4.74 Å². The highest BCUT2D eigenvalue weighted by Crippen LogP contribution is 2.25. The fourth-order valence-electron chi connectivity index (χ4n) is 2.00. The summed E-state index contributed by atoms with van der Waals surface area (Å²) in [5.41, 5.74) is 0.793. The molecule has 0 N–H and O–H groups in total. The summed E-state index contributed by atoms with van der Waals surface area (Å²) in [5.74, 6) is 0.537. The third-order valence-electron chi connectivity index (χ3n) is 2.96. The maximum atomic E-state index is 6.11. The smallest absolute Gasteiger partial charge is 0.206 e. The molecule has 0 spiro atoms. The number of ether oxygens (including phenoxy) is 1. The number of benzene rings is 1. The Bertz CT molecular complexity index is 536. The molecule has 1 fully saturated rings. The Kier molecular flexibility index (Phi) is 3.25. The molecule has 1 saturated heterocycles. The number of tetrazole rings is 1. The average Bonchev–Trinajstić information content (AvgIpc) is 2.90. The lowest BCUT2D eigenvalue weighted by atomic mass is 10.2. The van der Waals surface area contributed by atoms with Crippen LogP contribution in [0.4, 0.5) is 0 Å². The third kappa shape index (κ3) is 2.23. The summed E-state index contributed by atoms with van der Waals surface area (Å²) in [4.78, 5) is 1.54. The Balaban J connectivity index is 1.87. The molecule has 0 amide bonds. The molecule has 0 bridgehead atoms. The van der Waals surface area contributed by atoms with Crippen LogP contribution in [0, 0.1) is 0 Å². The van der Waals surface area contributed by atoms with Crippen LogP contribution in [0.3, 0.4) is 0 Å². The molecule has 1 atom stereocenters. The summed E-state index contributed by atoms with van der Waals surface area (Å²) in [6.45, 7) is 0.758. The predicted molar refractivity (Wildman–Crippen MR) is 67.1 cm³/mol. The number of aromatic nitrogens is 4. The van der Waals surface area contributed by atoms with Crippen molar-refractivity contribution in [2.45, 2.75) is 25.5 Å². The van der Waals surface area contributed by atoms with Crippen molar-refractivity contribution in [3.8, 4) is 11.4 Å². The number of hydrogen-bond donors (Lipinski definition) is 0. The number of hydrogen-bond acceptors (Lipinski definition) is 4. The highest BCUT2D eigenvalue weighted by Gasteiger charge is 2.19. The maximum absolute atomic E-state index is 6.11. The molecule has 0 aliphatic carbocycles. The number of halogens is 1. The topological polar surface area (TPSA) is 52.8 Å². The fraction of sp³-hybridized carbons (Fsp3) is 0.417. The summed E-state index contributed by atoms with van der Waals surface area (Å²) in [6, 6.07) is 7.47. The Morgan fingerprint density at radius 1 is 1.28 bits per heavy atom. The monoisotopic (exact) mass is 264 g/mol. The third-order valence-corrected chi connectivity index (χ3v) is 3.29. The molecule has 94 valence electrons. The lowest BCUT2D eigenvalue weighted by Gasteiger charge is -2.20. The zero-order valence-corrected chi connectivity index (χ0v) is 10.5. The van der Waals surface area contributed by atoms with Crippen molar-refractivity contribution in [2.24, 2.45) is 0 Å². The van der Waals surface area contributed by atoms with E-state index in [1.807, 2.05) is 24.3 Å². The molecule has 18 heavy (non-hydrogen) atoms. The van der Waals surface area contributed by atoms with Crippen LogP contribution >= 0.6 is 11.6 Å². The molecule has 1 aromatic heterocycles. The molecule has 0 saturated carbocycles. The van der Waals surface area contributed by atoms with Crippen LogP contribution in [-0.4, -0.2) is 26.8 Å². The van der Waals surface area contributed by atoms with Gasteiger partial charge in [0.15, 0.2) is 6.23 Å². The highest BCUT2D eigenvalue weighted by atomic mass is 35.5. The molecule has 1 unspecified atom stereocenters. The van der Waals surface area contributed by atoms with Gasteiger partial charge in [0.2, 0.25) is 5.82 Å². The Hall–Kier alpha value is -1.46. The quantitative estimate of drug-likeness (QED) is 0.837. The molecule has 5 nitrogen and oxygen atoms in total. The Morgan fingerprint density at radius 2 is 2.17 bits per heavy atom. The van der Waals surface area contributed by atoms with Gasteiger partial charge in [-0.15, -0.1) is 15.0 Å². The summed E-state index contributed by atoms with van der Waals surface area (Å²) >= 11 is 6.11. The molecule has 2 aromatic rings. The molecule has 1 aliphatic rings. The first-order chi connectivity index (χ1) is 8.84.